The van der Waals surface area contributed by atoms with E-state index in [1.54, 1.807) is 13.3 Å². The molecule has 24 heavy (non-hydrogen) atoms. The first kappa shape index (κ1) is 16.7. The van der Waals surface area contributed by atoms with Crippen LogP contribution in [0.2, 0.25) is 0 Å². The van der Waals surface area contributed by atoms with E-state index in [0.717, 1.165) is 28.6 Å². The number of hydrogen-bond acceptors (Lipinski definition) is 4. The second-order valence-corrected chi connectivity index (χ2v) is 6.70. The number of fused-ring (bicyclic) bond motifs is 1. The van der Waals surface area contributed by atoms with Crippen LogP contribution in [0.1, 0.15) is 37.7 Å². The van der Waals surface area contributed by atoms with E-state index in [-0.39, 0.29) is 5.92 Å². The molecule has 2 aromatic rings. The van der Waals surface area contributed by atoms with E-state index in [1.807, 2.05) is 18.2 Å². The van der Waals surface area contributed by atoms with Gasteiger partial charge in [0.1, 0.15) is 5.75 Å². The number of aryl methyl sites for hydroxylation is 1. The van der Waals surface area contributed by atoms with E-state index >= 15 is 0 Å². The fourth-order valence-electron chi connectivity index (χ4n) is 3.54. The van der Waals surface area contributed by atoms with Crippen molar-refractivity contribution in [2.24, 2.45) is 5.92 Å². The number of nitrogens with zero attached hydrogens (tertiary/aromatic N) is 1. The first-order valence-corrected chi connectivity index (χ1v) is 8.37. The Hall–Kier alpha value is -2.14. The minimum atomic E-state index is -0.763. The van der Waals surface area contributed by atoms with Crippen molar-refractivity contribution in [3.05, 3.63) is 36.0 Å². The van der Waals surface area contributed by atoms with Crippen molar-refractivity contribution in [2.45, 2.75) is 44.1 Å². The minimum absolute atomic E-state index is 0.309. The van der Waals surface area contributed by atoms with Crippen LogP contribution < -0.4 is 4.74 Å². The van der Waals surface area contributed by atoms with Crippen molar-refractivity contribution >= 4 is 16.9 Å². The van der Waals surface area contributed by atoms with Gasteiger partial charge in [0, 0.05) is 5.39 Å². The highest BCUT2D eigenvalue weighted by molar-refractivity contribution is 5.83. The van der Waals surface area contributed by atoms with E-state index in [9.17, 15) is 9.90 Å². The molecule has 5 nitrogen and oxygen atoms in total. The third-order valence-electron chi connectivity index (χ3n) is 5.15. The molecular formula is C19H23NO4. The smallest absolute Gasteiger partial charge is 0.306 e. The van der Waals surface area contributed by atoms with Gasteiger partial charge in [0.2, 0.25) is 0 Å². The van der Waals surface area contributed by atoms with Crippen LogP contribution in [0.5, 0.6) is 5.75 Å². The molecular weight excluding hydrogens is 306 g/mol. The van der Waals surface area contributed by atoms with E-state index in [1.165, 1.54) is 0 Å². The zero-order valence-corrected chi connectivity index (χ0v) is 13.9. The van der Waals surface area contributed by atoms with Crippen molar-refractivity contribution in [3.8, 4) is 5.75 Å². The summed E-state index contributed by atoms with van der Waals surface area (Å²) < 4.78 is 5.26. The number of aliphatic carboxylic acids is 1. The number of benzene rings is 1. The molecule has 128 valence electrons. The maximum Gasteiger partial charge on any atom is 0.306 e. The van der Waals surface area contributed by atoms with Gasteiger partial charge in [0.05, 0.1) is 30.3 Å². The highest BCUT2D eigenvalue weighted by atomic mass is 16.5. The summed E-state index contributed by atoms with van der Waals surface area (Å²) in [6, 6.07) is 7.96. The normalized spacial score (nSPS) is 24.0. The Morgan fingerprint density at radius 3 is 2.79 bits per heavy atom. The summed E-state index contributed by atoms with van der Waals surface area (Å²) in [7, 11) is 1.62. The summed E-state index contributed by atoms with van der Waals surface area (Å²) in [5, 5.41) is 20.9. The van der Waals surface area contributed by atoms with E-state index in [4.69, 9.17) is 9.84 Å². The fourth-order valence-corrected chi connectivity index (χ4v) is 3.54. The Kier molecular flexibility index (Phi) is 4.71. The molecule has 0 amide bonds. The van der Waals surface area contributed by atoms with Gasteiger partial charge < -0.3 is 14.9 Å². The number of carboxylic acid groups (broad SMARTS) is 1. The van der Waals surface area contributed by atoms with E-state index < -0.39 is 11.6 Å². The second-order valence-electron chi connectivity index (χ2n) is 6.70. The number of methoxy groups -OCH3 is 1. The van der Waals surface area contributed by atoms with E-state index in [0.29, 0.717) is 32.1 Å². The molecule has 0 aliphatic heterocycles. The first-order valence-electron chi connectivity index (χ1n) is 8.37. The molecule has 0 saturated heterocycles. The van der Waals surface area contributed by atoms with Crippen LogP contribution in [0.4, 0.5) is 0 Å². The maximum absolute atomic E-state index is 11.1. The minimum Gasteiger partial charge on any atom is -0.495 e. The van der Waals surface area contributed by atoms with Gasteiger partial charge in [-0.2, -0.15) is 0 Å². The Morgan fingerprint density at radius 1 is 1.38 bits per heavy atom. The van der Waals surface area contributed by atoms with Crippen LogP contribution in [-0.4, -0.2) is 33.9 Å². The average Bonchev–Trinajstić information content (AvgIpc) is 2.60. The molecule has 0 atom stereocenters. The predicted octanol–water partition coefficient (Wildman–Crippen LogP) is 3.18. The molecule has 1 aromatic carbocycles. The number of carbonyl (C=O) groups is 1. The van der Waals surface area contributed by atoms with Crippen molar-refractivity contribution in [1.29, 1.82) is 0 Å². The summed E-state index contributed by atoms with van der Waals surface area (Å²) in [5.74, 6) is -0.337. The highest BCUT2D eigenvalue weighted by Crippen LogP contribution is 2.36. The number of pyridine rings is 1. The molecule has 0 spiro atoms. The lowest BCUT2D eigenvalue weighted by Crippen LogP contribution is -2.36. The molecule has 0 bridgehead atoms. The lowest BCUT2D eigenvalue weighted by atomic mass is 9.76. The van der Waals surface area contributed by atoms with Crippen molar-refractivity contribution in [1.82, 2.24) is 4.98 Å². The highest BCUT2D eigenvalue weighted by Gasteiger charge is 2.35. The van der Waals surface area contributed by atoms with Crippen molar-refractivity contribution in [3.63, 3.8) is 0 Å². The molecule has 1 fully saturated rings. The zero-order valence-electron chi connectivity index (χ0n) is 13.9. The zero-order chi connectivity index (χ0) is 17.2. The van der Waals surface area contributed by atoms with Crippen LogP contribution in [0.25, 0.3) is 10.9 Å². The molecule has 2 N–H and O–H groups in total. The van der Waals surface area contributed by atoms with Gasteiger partial charge in [-0.1, -0.05) is 12.1 Å². The Morgan fingerprint density at radius 2 is 2.12 bits per heavy atom. The van der Waals surface area contributed by atoms with Gasteiger partial charge in [0.25, 0.3) is 0 Å². The maximum atomic E-state index is 11.1. The molecule has 1 aliphatic carbocycles. The molecule has 0 radical (unpaired) electrons. The van der Waals surface area contributed by atoms with Gasteiger partial charge >= 0.3 is 5.97 Å². The number of ether oxygens (including phenoxy) is 1. The van der Waals surface area contributed by atoms with Crippen LogP contribution in [0.15, 0.2) is 30.5 Å². The van der Waals surface area contributed by atoms with Crippen LogP contribution in [-0.2, 0) is 11.2 Å². The molecule has 0 unspecified atom stereocenters. The summed E-state index contributed by atoms with van der Waals surface area (Å²) in [5.41, 5.74) is 1.28. The number of rotatable bonds is 5. The lowest BCUT2D eigenvalue weighted by molar-refractivity contribution is -0.144. The van der Waals surface area contributed by atoms with E-state index in [2.05, 4.69) is 11.1 Å². The predicted molar refractivity (Wildman–Crippen MR) is 91.2 cm³/mol. The summed E-state index contributed by atoms with van der Waals surface area (Å²) in [6.45, 7) is 0. The molecule has 5 heteroatoms. The first-order chi connectivity index (χ1) is 11.5. The quantitative estimate of drug-likeness (QED) is 0.880. The fraction of sp³-hybridized carbons (Fsp3) is 0.474. The molecule has 1 aromatic heterocycles. The average molecular weight is 329 g/mol. The SMILES string of the molecule is COc1cnc2cccc(CCC3(O)CCC(C(=O)O)CC3)c2c1. The molecule has 3 rings (SSSR count). The number of aromatic nitrogens is 1. The summed E-state index contributed by atoms with van der Waals surface area (Å²) in [6.07, 6.45) is 5.28. The third-order valence-corrected chi connectivity index (χ3v) is 5.15. The second kappa shape index (κ2) is 6.77. The number of hydrogen-bond donors (Lipinski definition) is 2. The summed E-state index contributed by atoms with van der Waals surface area (Å²) >= 11 is 0. The van der Waals surface area contributed by atoms with Crippen molar-refractivity contribution < 1.29 is 19.7 Å². The van der Waals surface area contributed by atoms with Gasteiger partial charge in [-0.25, -0.2) is 0 Å². The monoisotopic (exact) mass is 329 g/mol. The van der Waals surface area contributed by atoms with Gasteiger partial charge in [-0.05, 0) is 56.2 Å². The third kappa shape index (κ3) is 3.51. The summed E-state index contributed by atoms with van der Waals surface area (Å²) in [4.78, 5) is 15.5. The largest absolute Gasteiger partial charge is 0.495 e. The van der Waals surface area contributed by atoms with Crippen LogP contribution >= 0.6 is 0 Å². The molecule has 1 heterocycles. The Bertz CT molecular complexity index is 735. The van der Waals surface area contributed by atoms with Gasteiger partial charge in [0.15, 0.2) is 0 Å². The van der Waals surface area contributed by atoms with Crippen LogP contribution in [0, 0.1) is 5.92 Å². The van der Waals surface area contributed by atoms with Crippen LogP contribution in [0.3, 0.4) is 0 Å². The standard InChI is InChI=1S/C19H23NO4/c1-24-15-11-16-13(3-2-4-17(16)20-12-15)5-8-19(23)9-6-14(7-10-19)18(21)22/h2-4,11-12,14,23H,5-10H2,1H3,(H,21,22). The Labute approximate surface area is 141 Å². The topological polar surface area (TPSA) is 79.7 Å². The molecule has 1 saturated carbocycles. The Balaban J connectivity index is 1.73. The molecule has 1 aliphatic rings. The van der Waals surface area contributed by atoms with Gasteiger partial charge in [-0.15, -0.1) is 0 Å². The lowest BCUT2D eigenvalue weighted by Gasteiger charge is -2.34. The number of aliphatic hydroxyl groups is 1. The number of carboxylic acids is 1. The van der Waals surface area contributed by atoms with Crippen molar-refractivity contribution in [2.75, 3.05) is 7.11 Å². The van der Waals surface area contributed by atoms with Gasteiger partial charge in [-0.3, -0.25) is 9.78 Å².